The minimum atomic E-state index is -0.873. The average molecular weight is 1020 g/mol. The fourth-order valence-corrected chi connectivity index (χ4v) is 10.6. The standard InChI is InChI=1S/C57H90N6O10/c1-14-37(7)52(49(72-13)33-50(66)63-30-20-24-46(63)44(15-2)39(9)54(68)60-40(10)53(67)43-22-17-16-18-23-43)61(11)55(69)45(35(3)4)32-48(65)51(36(5)6)62(12)57(71)73-34-42-27-25-41(26-28-42)31-47(64)38(8)21-19-29-59-56(58)70/h16-18,22-23,25-28,35-40,44-46,49,51-53,67H,14-15,19-21,24,29-34H2,1-13H3,(H,60,68)(H3,58,59,70)/t37?,38-,39+,40+,44+,45-,46-,49+,51-,52-,53+/m0/s1. The van der Waals surface area contributed by atoms with Crippen LogP contribution in [-0.2, 0) is 46.5 Å². The van der Waals surface area contributed by atoms with Gasteiger partial charge in [0.05, 0.1) is 36.8 Å². The molecular weight excluding hydrogens is 929 g/mol. The van der Waals surface area contributed by atoms with Gasteiger partial charge in [0.15, 0.2) is 5.78 Å². The molecule has 0 radical (unpaired) electrons. The number of nitrogens with zero attached hydrogens (tertiary/aromatic N) is 3. The van der Waals surface area contributed by atoms with Gasteiger partial charge in [0.2, 0.25) is 17.7 Å². The van der Waals surface area contributed by atoms with Crippen LogP contribution >= 0.6 is 0 Å². The lowest BCUT2D eigenvalue weighted by Gasteiger charge is -2.41. The number of ketones is 2. The van der Waals surface area contributed by atoms with Crippen LogP contribution in [0.3, 0.4) is 0 Å². The Bertz CT molecular complexity index is 2080. The van der Waals surface area contributed by atoms with Crippen LogP contribution in [0.25, 0.3) is 0 Å². The third-order valence-corrected chi connectivity index (χ3v) is 15.3. The summed E-state index contributed by atoms with van der Waals surface area (Å²) in [5, 5.41) is 16.5. The van der Waals surface area contributed by atoms with Crippen LogP contribution in [0.4, 0.5) is 9.59 Å². The van der Waals surface area contributed by atoms with E-state index in [9.17, 15) is 38.7 Å². The van der Waals surface area contributed by atoms with E-state index in [1.165, 1.54) is 11.9 Å². The van der Waals surface area contributed by atoms with Crippen molar-refractivity contribution in [2.45, 2.75) is 170 Å². The van der Waals surface area contributed by atoms with Crippen LogP contribution in [-0.4, -0.2) is 126 Å². The molecule has 0 saturated carbocycles. The van der Waals surface area contributed by atoms with E-state index in [1.54, 1.807) is 38.1 Å². The maximum atomic E-state index is 14.7. The van der Waals surface area contributed by atoms with Crippen molar-refractivity contribution in [1.29, 1.82) is 0 Å². The summed E-state index contributed by atoms with van der Waals surface area (Å²) in [4.78, 5) is 99.3. The van der Waals surface area contributed by atoms with Gasteiger partial charge in [-0.05, 0) is 73.0 Å². The number of amides is 6. The SMILES string of the molecule is CCC(C)[C@@H]([C@@H](CC(=O)N1CCC[C@H]1[C@H](CC)[C@@H](C)C(=O)N[C@H](C)[C@@H](O)c1ccccc1)OC)N(C)C(=O)[C@@H](CC(=O)[C@H](C(C)C)N(C)C(=O)OCc1ccc(CC(=O)[C@@H](C)CCCNC(N)=O)cc1)C(C)C. The normalized spacial score (nSPS) is 17.8. The Morgan fingerprint density at radius 3 is 2.01 bits per heavy atom. The highest BCUT2D eigenvalue weighted by atomic mass is 16.6. The number of likely N-dealkylation sites (tertiary alicyclic amines) is 1. The highest BCUT2D eigenvalue weighted by Crippen LogP contribution is 2.34. The summed E-state index contributed by atoms with van der Waals surface area (Å²) < 4.78 is 11.8. The molecule has 2 aromatic carbocycles. The summed E-state index contributed by atoms with van der Waals surface area (Å²) >= 11 is 0. The summed E-state index contributed by atoms with van der Waals surface area (Å²) in [7, 11) is 4.81. The molecule has 1 fully saturated rings. The van der Waals surface area contributed by atoms with Crippen LogP contribution < -0.4 is 16.4 Å². The van der Waals surface area contributed by atoms with Gasteiger partial charge >= 0.3 is 12.1 Å². The Labute approximate surface area is 436 Å². The molecule has 408 valence electrons. The van der Waals surface area contributed by atoms with E-state index in [4.69, 9.17) is 15.2 Å². The fraction of sp³-hybridized carbons (Fsp3) is 0.667. The number of methoxy groups -OCH3 is 1. The molecule has 1 aliphatic rings. The molecule has 6 amide bonds. The molecule has 1 saturated heterocycles. The molecule has 1 heterocycles. The smallest absolute Gasteiger partial charge is 0.410 e. The number of Topliss-reactive ketones (excluding diaryl/α,β-unsaturated/α-hetero) is 2. The van der Waals surface area contributed by atoms with Crippen molar-refractivity contribution in [2.24, 2.45) is 47.2 Å². The summed E-state index contributed by atoms with van der Waals surface area (Å²) in [6, 6.07) is 13.8. The van der Waals surface area contributed by atoms with Crippen LogP contribution in [0.2, 0.25) is 0 Å². The van der Waals surface area contributed by atoms with E-state index in [1.807, 2.05) is 110 Å². The summed E-state index contributed by atoms with van der Waals surface area (Å²) in [5.74, 6) is -2.80. The zero-order chi connectivity index (χ0) is 54.7. The van der Waals surface area contributed by atoms with Gasteiger partial charge < -0.3 is 45.6 Å². The van der Waals surface area contributed by atoms with E-state index in [-0.39, 0.29) is 90.8 Å². The molecule has 0 aromatic heterocycles. The highest BCUT2D eigenvalue weighted by Gasteiger charge is 2.43. The molecule has 5 N–H and O–H groups in total. The molecule has 0 aliphatic carbocycles. The first-order chi connectivity index (χ1) is 34.5. The molecule has 1 unspecified atom stereocenters. The number of nitrogens with two attached hydrogens (primary N) is 1. The number of urea groups is 1. The average Bonchev–Trinajstić information content (AvgIpc) is 3.85. The third kappa shape index (κ3) is 17.9. The number of aliphatic hydroxyl groups is 1. The number of benzene rings is 2. The number of nitrogens with one attached hydrogen (secondary N) is 2. The van der Waals surface area contributed by atoms with Gasteiger partial charge in [0.25, 0.3) is 0 Å². The van der Waals surface area contributed by atoms with Gasteiger partial charge in [-0.3, -0.25) is 24.0 Å². The second kappa shape index (κ2) is 30.1. The van der Waals surface area contributed by atoms with E-state index >= 15 is 0 Å². The van der Waals surface area contributed by atoms with Crippen molar-refractivity contribution in [2.75, 3.05) is 34.3 Å². The van der Waals surface area contributed by atoms with E-state index < -0.39 is 54.3 Å². The summed E-state index contributed by atoms with van der Waals surface area (Å²) in [6.45, 7) is 20.1. The molecule has 2 aromatic rings. The van der Waals surface area contributed by atoms with Gasteiger partial charge in [0.1, 0.15) is 12.4 Å². The van der Waals surface area contributed by atoms with Crippen molar-refractivity contribution in [1.82, 2.24) is 25.3 Å². The third-order valence-electron chi connectivity index (χ3n) is 15.3. The lowest BCUT2D eigenvalue weighted by Crippen LogP contribution is -2.54. The molecular formula is C57H90N6O10. The largest absolute Gasteiger partial charge is 0.445 e. The number of primary amides is 1. The first-order valence-electron chi connectivity index (χ1n) is 26.7. The van der Waals surface area contributed by atoms with Crippen LogP contribution in [0, 0.1) is 41.4 Å². The predicted molar refractivity (Wildman–Crippen MR) is 284 cm³/mol. The molecule has 3 rings (SSSR count). The van der Waals surface area contributed by atoms with Crippen molar-refractivity contribution in [3.63, 3.8) is 0 Å². The van der Waals surface area contributed by atoms with Crippen LogP contribution in [0.5, 0.6) is 0 Å². The highest BCUT2D eigenvalue weighted by molar-refractivity contribution is 5.92. The Morgan fingerprint density at radius 2 is 1.45 bits per heavy atom. The van der Waals surface area contributed by atoms with Crippen molar-refractivity contribution in [3.8, 4) is 0 Å². The number of rotatable bonds is 30. The lowest BCUT2D eigenvalue weighted by atomic mass is 9.82. The maximum absolute atomic E-state index is 14.7. The first kappa shape index (κ1) is 61.9. The molecule has 1 aliphatic heterocycles. The quantitative estimate of drug-likeness (QED) is 0.0555. The van der Waals surface area contributed by atoms with Gasteiger partial charge in [-0.1, -0.05) is 130 Å². The number of hydrogen-bond acceptors (Lipinski definition) is 10. The van der Waals surface area contributed by atoms with E-state index in [0.29, 0.717) is 44.3 Å². The minimum Gasteiger partial charge on any atom is -0.445 e. The Kier molecular flexibility index (Phi) is 25.6. The van der Waals surface area contributed by atoms with Gasteiger partial charge in [0, 0.05) is 70.9 Å². The molecule has 16 nitrogen and oxygen atoms in total. The number of aliphatic hydroxyl groups excluding tert-OH is 1. The van der Waals surface area contributed by atoms with E-state index in [0.717, 1.165) is 24.0 Å². The number of carbonyl (C=O) groups excluding carboxylic acids is 7. The van der Waals surface area contributed by atoms with Gasteiger partial charge in [-0.2, -0.15) is 0 Å². The lowest BCUT2D eigenvalue weighted by molar-refractivity contribution is -0.148. The zero-order valence-electron chi connectivity index (χ0n) is 46.2. The van der Waals surface area contributed by atoms with Crippen molar-refractivity contribution in [3.05, 3.63) is 71.3 Å². The molecule has 16 heteroatoms. The van der Waals surface area contributed by atoms with Gasteiger partial charge in [-0.15, -0.1) is 0 Å². The Morgan fingerprint density at radius 1 is 0.822 bits per heavy atom. The second-order valence-electron chi connectivity index (χ2n) is 21.3. The molecule has 73 heavy (non-hydrogen) atoms. The summed E-state index contributed by atoms with van der Waals surface area (Å²) in [6.07, 6.45) is 2.12. The first-order valence-corrected chi connectivity index (χ1v) is 26.7. The molecule has 11 atom stereocenters. The number of carbonyl (C=O) groups is 7. The summed E-state index contributed by atoms with van der Waals surface area (Å²) in [5.41, 5.74) is 7.36. The van der Waals surface area contributed by atoms with Crippen molar-refractivity contribution >= 4 is 41.4 Å². The number of ether oxygens (including phenoxy) is 2. The number of likely N-dealkylation sites (N-methyl/N-ethyl adjacent to an activating group) is 2. The van der Waals surface area contributed by atoms with E-state index in [2.05, 4.69) is 10.6 Å². The monoisotopic (exact) mass is 1020 g/mol. The predicted octanol–water partition coefficient (Wildman–Crippen LogP) is 7.88. The zero-order valence-corrected chi connectivity index (χ0v) is 46.2. The fourth-order valence-electron chi connectivity index (χ4n) is 10.6. The molecule has 0 spiro atoms. The Hall–Kier alpha value is -5.35. The Balaban J connectivity index is 1.68. The minimum absolute atomic E-state index is 0.0215. The second-order valence-corrected chi connectivity index (χ2v) is 21.3. The maximum Gasteiger partial charge on any atom is 0.410 e. The van der Waals surface area contributed by atoms with Crippen LogP contribution in [0.1, 0.15) is 143 Å². The topological polar surface area (TPSA) is 218 Å². The van der Waals surface area contributed by atoms with Crippen LogP contribution in [0.15, 0.2) is 54.6 Å². The number of hydrogen-bond donors (Lipinski definition) is 4. The molecule has 0 bridgehead atoms. The van der Waals surface area contributed by atoms with Gasteiger partial charge in [-0.25, -0.2) is 9.59 Å². The van der Waals surface area contributed by atoms with Crippen molar-refractivity contribution < 1.29 is 48.1 Å².